The minimum atomic E-state index is -1.33. The van der Waals surface area contributed by atoms with Gasteiger partial charge in [0.2, 0.25) is 5.91 Å². The van der Waals surface area contributed by atoms with Crippen LogP contribution in [0.1, 0.15) is 0 Å². The maximum atomic E-state index is 13.3. The quantitative estimate of drug-likeness (QED) is 0.672. The van der Waals surface area contributed by atoms with Crippen molar-refractivity contribution in [1.82, 2.24) is 4.90 Å². The highest BCUT2D eigenvalue weighted by Gasteiger charge is 2.18. The van der Waals surface area contributed by atoms with Crippen LogP contribution in [0.3, 0.4) is 0 Å². The van der Waals surface area contributed by atoms with Crippen molar-refractivity contribution in [2.45, 2.75) is 0 Å². The standard InChI is InChI=1S/C12H12F2N2O5/c13-7-2-1-3-8(14)12(7)15-9(17)4-16(5-10(18)19)6-11(20)21/h1-3H,4-6H2,(H,15,17)(H,18,19)(H,20,21). The zero-order valence-electron chi connectivity index (χ0n) is 10.7. The van der Waals surface area contributed by atoms with E-state index < -0.39 is 54.8 Å². The Kier molecular flexibility index (Phi) is 5.73. The van der Waals surface area contributed by atoms with E-state index in [1.165, 1.54) is 0 Å². The van der Waals surface area contributed by atoms with Crippen molar-refractivity contribution in [1.29, 1.82) is 0 Å². The highest BCUT2D eigenvalue weighted by atomic mass is 19.1. The van der Waals surface area contributed by atoms with E-state index in [2.05, 4.69) is 0 Å². The van der Waals surface area contributed by atoms with Gasteiger partial charge in [-0.05, 0) is 12.1 Å². The van der Waals surface area contributed by atoms with Crippen LogP contribution in [-0.4, -0.2) is 52.6 Å². The van der Waals surface area contributed by atoms with Gasteiger partial charge in [-0.25, -0.2) is 8.78 Å². The molecule has 9 heteroatoms. The largest absolute Gasteiger partial charge is 0.480 e. The molecule has 0 radical (unpaired) electrons. The van der Waals surface area contributed by atoms with E-state index in [1.54, 1.807) is 0 Å². The predicted molar refractivity (Wildman–Crippen MR) is 66.7 cm³/mol. The van der Waals surface area contributed by atoms with Crippen molar-refractivity contribution < 1.29 is 33.4 Å². The number of hydrogen-bond acceptors (Lipinski definition) is 4. The number of para-hydroxylation sites is 1. The van der Waals surface area contributed by atoms with Crippen molar-refractivity contribution in [2.24, 2.45) is 0 Å². The van der Waals surface area contributed by atoms with Crippen LogP contribution in [0.25, 0.3) is 0 Å². The van der Waals surface area contributed by atoms with Crippen LogP contribution in [0.2, 0.25) is 0 Å². The topological polar surface area (TPSA) is 107 Å². The minimum absolute atomic E-state index is 0.633. The van der Waals surface area contributed by atoms with Gasteiger partial charge in [-0.15, -0.1) is 0 Å². The summed E-state index contributed by atoms with van der Waals surface area (Å²) >= 11 is 0. The molecule has 0 saturated carbocycles. The Hall–Kier alpha value is -2.55. The van der Waals surface area contributed by atoms with Gasteiger partial charge in [0.1, 0.15) is 17.3 Å². The molecule has 1 rings (SSSR count). The predicted octanol–water partition coefficient (Wildman–Crippen LogP) is 0.375. The third-order valence-electron chi connectivity index (χ3n) is 2.31. The number of rotatable bonds is 7. The highest BCUT2D eigenvalue weighted by Crippen LogP contribution is 2.17. The molecule has 0 unspecified atom stereocenters. The minimum Gasteiger partial charge on any atom is -0.480 e. The molecule has 0 aromatic heterocycles. The Labute approximate surface area is 117 Å². The summed E-state index contributed by atoms with van der Waals surface area (Å²) in [6.45, 7) is -2.02. The molecule has 0 atom stereocenters. The van der Waals surface area contributed by atoms with Crippen LogP contribution in [0.5, 0.6) is 0 Å². The number of nitrogens with zero attached hydrogens (tertiary/aromatic N) is 1. The number of nitrogens with one attached hydrogen (secondary N) is 1. The average molecular weight is 302 g/mol. The number of amides is 1. The van der Waals surface area contributed by atoms with E-state index in [9.17, 15) is 23.2 Å². The molecule has 1 aromatic rings. The van der Waals surface area contributed by atoms with Crippen molar-refractivity contribution in [3.05, 3.63) is 29.8 Å². The first-order chi connectivity index (χ1) is 9.79. The molecule has 0 spiro atoms. The maximum absolute atomic E-state index is 13.3. The molecule has 0 bridgehead atoms. The van der Waals surface area contributed by atoms with Gasteiger partial charge in [-0.2, -0.15) is 0 Å². The molecule has 1 amide bonds. The van der Waals surface area contributed by atoms with Crippen LogP contribution >= 0.6 is 0 Å². The number of anilines is 1. The van der Waals surface area contributed by atoms with Crippen LogP contribution in [0.15, 0.2) is 18.2 Å². The van der Waals surface area contributed by atoms with Gasteiger partial charge in [0, 0.05) is 0 Å². The lowest BCUT2D eigenvalue weighted by Crippen LogP contribution is -2.40. The molecule has 0 saturated heterocycles. The van der Waals surface area contributed by atoms with E-state index in [1.807, 2.05) is 5.32 Å². The second kappa shape index (κ2) is 7.29. The van der Waals surface area contributed by atoms with Gasteiger partial charge < -0.3 is 15.5 Å². The van der Waals surface area contributed by atoms with E-state index >= 15 is 0 Å². The fraction of sp³-hybridized carbons (Fsp3) is 0.250. The third kappa shape index (κ3) is 5.53. The number of carboxylic acid groups (broad SMARTS) is 2. The summed E-state index contributed by atoms with van der Waals surface area (Å²) in [5, 5.41) is 19.1. The van der Waals surface area contributed by atoms with Gasteiger partial charge in [-0.1, -0.05) is 6.07 Å². The monoisotopic (exact) mass is 302 g/mol. The normalized spacial score (nSPS) is 10.4. The average Bonchev–Trinajstić information content (AvgIpc) is 2.32. The maximum Gasteiger partial charge on any atom is 0.317 e. The molecule has 3 N–H and O–H groups in total. The van der Waals surface area contributed by atoms with E-state index in [-0.39, 0.29) is 0 Å². The number of carbonyl (C=O) groups excluding carboxylic acids is 1. The molecular formula is C12H12F2N2O5. The van der Waals surface area contributed by atoms with E-state index in [4.69, 9.17) is 10.2 Å². The lowest BCUT2D eigenvalue weighted by Gasteiger charge is -2.17. The van der Waals surface area contributed by atoms with Crippen LogP contribution < -0.4 is 5.32 Å². The molecular weight excluding hydrogens is 290 g/mol. The summed E-state index contributed by atoms with van der Waals surface area (Å²) in [5.41, 5.74) is -0.673. The number of carbonyl (C=O) groups is 3. The molecule has 7 nitrogen and oxygen atoms in total. The molecule has 1 aromatic carbocycles. The number of carboxylic acids is 2. The smallest absolute Gasteiger partial charge is 0.317 e. The van der Waals surface area contributed by atoms with Gasteiger partial charge in [-0.3, -0.25) is 19.3 Å². The fourth-order valence-corrected chi connectivity index (χ4v) is 1.55. The summed E-state index contributed by atoms with van der Waals surface area (Å²) < 4.78 is 26.6. The second-order valence-corrected chi connectivity index (χ2v) is 4.08. The summed E-state index contributed by atoms with van der Waals surface area (Å²) in [6.07, 6.45) is 0. The van der Waals surface area contributed by atoms with Gasteiger partial charge in [0.25, 0.3) is 0 Å². The zero-order chi connectivity index (χ0) is 16.0. The number of benzene rings is 1. The van der Waals surface area contributed by atoms with Crippen molar-refractivity contribution in [2.75, 3.05) is 25.0 Å². The Morgan fingerprint density at radius 1 is 1.00 bits per heavy atom. The van der Waals surface area contributed by atoms with Gasteiger partial charge in [0.15, 0.2) is 0 Å². The molecule has 0 aliphatic carbocycles. The summed E-state index contributed by atoms with van der Waals surface area (Å²) in [4.78, 5) is 33.5. The van der Waals surface area contributed by atoms with Crippen molar-refractivity contribution >= 4 is 23.5 Å². The first-order valence-corrected chi connectivity index (χ1v) is 5.69. The SMILES string of the molecule is O=C(O)CN(CC(=O)O)CC(=O)Nc1c(F)cccc1F. The van der Waals surface area contributed by atoms with Gasteiger partial charge in [0.05, 0.1) is 19.6 Å². The Bertz CT molecular complexity index is 528. The van der Waals surface area contributed by atoms with E-state index in [0.29, 0.717) is 0 Å². The molecule has 0 fully saturated rings. The molecule has 0 aliphatic rings. The first kappa shape index (κ1) is 16.5. The Morgan fingerprint density at radius 3 is 1.90 bits per heavy atom. The van der Waals surface area contributed by atoms with Crippen LogP contribution in [-0.2, 0) is 14.4 Å². The highest BCUT2D eigenvalue weighted by molar-refractivity contribution is 5.93. The number of hydrogen-bond donors (Lipinski definition) is 3. The molecule has 0 heterocycles. The molecule has 21 heavy (non-hydrogen) atoms. The lowest BCUT2D eigenvalue weighted by atomic mass is 10.3. The zero-order valence-corrected chi connectivity index (χ0v) is 10.7. The van der Waals surface area contributed by atoms with Crippen LogP contribution in [0, 0.1) is 11.6 Å². The number of halogens is 2. The Morgan fingerprint density at radius 2 is 1.48 bits per heavy atom. The lowest BCUT2D eigenvalue weighted by molar-refractivity contribution is -0.142. The van der Waals surface area contributed by atoms with Crippen molar-refractivity contribution in [3.8, 4) is 0 Å². The van der Waals surface area contributed by atoms with Gasteiger partial charge >= 0.3 is 11.9 Å². The first-order valence-electron chi connectivity index (χ1n) is 5.69. The molecule has 0 aliphatic heterocycles. The van der Waals surface area contributed by atoms with Crippen molar-refractivity contribution in [3.63, 3.8) is 0 Å². The summed E-state index contributed by atoms with van der Waals surface area (Å²) in [6, 6.07) is 2.98. The summed E-state index contributed by atoms with van der Waals surface area (Å²) in [7, 11) is 0. The summed E-state index contributed by atoms with van der Waals surface area (Å²) in [5.74, 6) is -5.58. The van der Waals surface area contributed by atoms with E-state index in [0.717, 1.165) is 23.1 Å². The number of aliphatic carboxylic acids is 2. The molecule has 114 valence electrons. The second-order valence-electron chi connectivity index (χ2n) is 4.08. The fourth-order valence-electron chi connectivity index (χ4n) is 1.55. The van der Waals surface area contributed by atoms with Crippen LogP contribution in [0.4, 0.5) is 14.5 Å². The third-order valence-corrected chi connectivity index (χ3v) is 2.31. The Balaban J connectivity index is 2.73.